The van der Waals surface area contributed by atoms with Gasteiger partial charge >= 0.3 is 0 Å². The number of piperazine rings is 1. The van der Waals surface area contributed by atoms with Crippen molar-refractivity contribution in [2.45, 2.75) is 30.8 Å². The fraction of sp³-hybridized carbons (Fsp3) is 0.538. The Bertz CT molecular complexity index is 682. The molecular formula is C13H20ClN3O5S. The molecule has 1 heterocycles. The second-order valence-electron chi connectivity index (χ2n) is 5.19. The molecule has 1 aromatic rings. The fourth-order valence-corrected chi connectivity index (χ4v) is 4.32. The summed E-state index contributed by atoms with van der Waals surface area (Å²) >= 11 is 0. The number of halogens is 1. The topological polar surface area (TPSA) is 102 Å². The second-order valence-corrected chi connectivity index (χ2v) is 7.05. The Labute approximate surface area is 141 Å². The van der Waals surface area contributed by atoms with E-state index in [2.05, 4.69) is 5.32 Å². The average Bonchev–Trinajstić information content (AvgIpc) is 2.49. The van der Waals surface area contributed by atoms with Gasteiger partial charge in [-0.2, -0.15) is 4.31 Å². The number of nitro benzene ring substituents is 1. The standard InChI is InChI=1S/C13H19N3O5S.ClH/c1-9-10(2)15(7-6-14-9)22(19,20)13-5-4-11(16(17)18)8-12(13)21-3;/h4-5,8-10,14H,6-7H2,1-3H3;1H. The van der Waals surface area contributed by atoms with Crippen molar-refractivity contribution in [2.75, 3.05) is 20.2 Å². The lowest BCUT2D eigenvalue weighted by molar-refractivity contribution is -0.385. The van der Waals surface area contributed by atoms with Gasteiger partial charge < -0.3 is 10.1 Å². The van der Waals surface area contributed by atoms with Crippen LogP contribution in [0.1, 0.15) is 13.8 Å². The van der Waals surface area contributed by atoms with E-state index < -0.39 is 14.9 Å². The third kappa shape index (κ3) is 3.74. The molecule has 2 rings (SSSR count). The number of nitro groups is 1. The molecule has 0 bridgehead atoms. The van der Waals surface area contributed by atoms with E-state index in [1.807, 2.05) is 13.8 Å². The van der Waals surface area contributed by atoms with Crippen LogP contribution in [-0.4, -0.2) is 49.9 Å². The number of sulfonamides is 1. The zero-order chi connectivity index (χ0) is 16.5. The Kier molecular flexibility index (Phi) is 6.34. The van der Waals surface area contributed by atoms with E-state index in [4.69, 9.17) is 4.74 Å². The van der Waals surface area contributed by atoms with Crippen molar-refractivity contribution in [2.24, 2.45) is 0 Å². The number of nitrogens with zero attached hydrogens (tertiary/aromatic N) is 2. The van der Waals surface area contributed by atoms with E-state index in [0.29, 0.717) is 13.1 Å². The molecule has 8 nitrogen and oxygen atoms in total. The average molecular weight is 366 g/mol. The molecule has 2 unspecified atom stereocenters. The van der Waals surface area contributed by atoms with E-state index in [1.165, 1.54) is 23.5 Å². The first-order valence-electron chi connectivity index (χ1n) is 6.86. The Morgan fingerprint density at radius 3 is 2.61 bits per heavy atom. The molecule has 130 valence electrons. The lowest BCUT2D eigenvalue weighted by Gasteiger charge is -2.37. The highest BCUT2D eigenvalue weighted by atomic mass is 35.5. The smallest absolute Gasteiger partial charge is 0.273 e. The SMILES string of the molecule is COc1cc([N+](=O)[O-])ccc1S(=O)(=O)N1CCNC(C)C1C.Cl. The molecule has 1 N–H and O–H groups in total. The fourth-order valence-electron chi connectivity index (χ4n) is 2.47. The van der Waals surface area contributed by atoms with Crippen LogP contribution in [-0.2, 0) is 10.0 Å². The molecule has 23 heavy (non-hydrogen) atoms. The molecule has 1 aliphatic heterocycles. The Hall–Kier alpha value is -1.42. The first-order chi connectivity index (χ1) is 10.3. The van der Waals surface area contributed by atoms with Crippen molar-refractivity contribution in [3.05, 3.63) is 28.3 Å². The van der Waals surface area contributed by atoms with Gasteiger partial charge in [0, 0.05) is 31.2 Å². The van der Waals surface area contributed by atoms with Crippen LogP contribution in [0.2, 0.25) is 0 Å². The zero-order valence-corrected chi connectivity index (χ0v) is 14.7. The van der Waals surface area contributed by atoms with Gasteiger partial charge in [-0.05, 0) is 19.9 Å². The van der Waals surface area contributed by atoms with E-state index in [-0.39, 0.29) is 40.8 Å². The zero-order valence-electron chi connectivity index (χ0n) is 13.1. The molecule has 0 spiro atoms. The van der Waals surface area contributed by atoms with Gasteiger partial charge in [-0.25, -0.2) is 8.42 Å². The molecular weight excluding hydrogens is 346 g/mol. The second kappa shape index (κ2) is 7.43. The predicted molar refractivity (Wildman–Crippen MR) is 87.7 cm³/mol. The Balaban J connectivity index is 0.00000264. The maximum absolute atomic E-state index is 12.9. The first-order valence-corrected chi connectivity index (χ1v) is 8.30. The highest BCUT2D eigenvalue weighted by Crippen LogP contribution is 2.32. The third-order valence-corrected chi connectivity index (χ3v) is 5.95. The number of hydrogen-bond donors (Lipinski definition) is 1. The molecule has 0 amide bonds. The molecule has 1 saturated heterocycles. The van der Waals surface area contributed by atoms with Crippen molar-refractivity contribution < 1.29 is 18.1 Å². The van der Waals surface area contributed by atoms with E-state index in [0.717, 1.165) is 6.07 Å². The maximum Gasteiger partial charge on any atom is 0.273 e. The van der Waals surface area contributed by atoms with E-state index in [9.17, 15) is 18.5 Å². The van der Waals surface area contributed by atoms with Crippen LogP contribution >= 0.6 is 12.4 Å². The van der Waals surface area contributed by atoms with E-state index in [1.54, 1.807) is 0 Å². The summed E-state index contributed by atoms with van der Waals surface area (Å²) in [6.07, 6.45) is 0. The van der Waals surface area contributed by atoms with Crippen LogP contribution in [0.4, 0.5) is 5.69 Å². The first kappa shape index (κ1) is 19.6. The normalized spacial score (nSPS) is 22.2. The molecule has 1 fully saturated rings. The number of non-ortho nitro benzene ring substituents is 1. The van der Waals surface area contributed by atoms with E-state index >= 15 is 0 Å². The molecule has 1 aliphatic rings. The lowest BCUT2D eigenvalue weighted by atomic mass is 10.1. The highest BCUT2D eigenvalue weighted by Gasteiger charge is 2.36. The van der Waals surface area contributed by atoms with Gasteiger partial charge in [-0.3, -0.25) is 10.1 Å². The van der Waals surface area contributed by atoms with Crippen LogP contribution in [0.3, 0.4) is 0 Å². The number of hydrogen-bond acceptors (Lipinski definition) is 6. The van der Waals surface area contributed by atoms with Crippen LogP contribution < -0.4 is 10.1 Å². The van der Waals surface area contributed by atoms with Gasteiger partial charge in [-0.15, -0.1) is 12.4 Å². The summed E-state index contributed by atoms with van der Waals surface area (Å²) in [5, 5.41) is 14.0. The summed E-state index contributed by atoms with van der Waals surface area (Å²) < 4.78 is 32.2. The maximum atomic E-state index is 12.9. The van der Waals surface area contributed by atoms with Crippen molar-refractivity contribution in [1.29, 1.82) is 0 Å². The largest absolute Gasteiger partial charge is 0.495 e. The minimum Gasteiger partial charge on any atom is -0.495 e. The summed E-state index contributed by atoms with van der Waals surface area (Å²) in [4.78, 5) is 10.2. The molecule has 0 radical (unpaired) electrons. The number of ether oxygens (including phenoxy) is 1. The molecule has 0 aliphatic carbocycles. The van der Waals surface area contributed by atoms with Gasteiger partial charge in [-0.1, -0.05) is 0 Å². The van der Waals surface area contributed by atoms with Gasteiger partial charge in [0.1, 0.15) is 10.6 Å². The molecule has 0 saturated carbocycles. The van der Waals surface area contributed by atoms with Crippen molar-refractivity contribution in [3.63, 3.8) is 0 Å². The van der Waals surface area contributed by atoms with Gasteiger partial charge in [0.25, 0.3) is 5.69 Å². The Morgan fingerprint density at radius 2 is 2.04 bits per heavy atom. The summed E-state index contributed by atoms with van der Waals surface area (Å²) in [6, 6.07) is 3.33. The third-order valence-electron chi connectivity index (χ3n) is 3.92. The van der Waals surface area contributed by atoms with Gasteiger partial charge in [0.2, 0.25) is 10.0 Å². The van der Waals surface area contributed by atoms with Crippen LogP contribution in [0.25, 0.3) is 0 Å². The van der Waals surface area contributed by atoms with Gasteiger partial charge in [0.15, 0.2) is 0 Å². The predicted octanol–water partition coefficient (Wildman–Crippen LogP) is 1.40. The van der Waals surface area contributed by atoms with Crippen LogP contribution in [0.15, 0.2) is 23.1 Å². The minimum atomic E-state index is -3.78. The molecule has 10 heteroatoms. The summed E-state index contributed by atoms with van der Waals surface area (Å²) in [5.41, 5.74) is -0.211. The van der Waals surface area contributed by atoms with Crippen LogP contribution in [0, 0.1) is 10.1 Å². The number of rotatable bonds is 4. The van der Waals surface area contributed by atoms with Gasteiger partial charge in [0.05, 0.1) is 18.1 Å². The number of nitrogens with one attached hydrogen (secondary N) is 1. The monoisotopic (exact) mass is 365 g/mol. The quantitative estimate of drug-likeness (QED) is 0.639. The lowest BCUT2D eigenvalue weighted by Crippen LogP contribution is -2.57. The Morgan fingerprint density at radius 1 is 1.39 bits per heavy atom. The molecule has 1 aromatic carbocycles. The molecule has 0 aromatic heterocycles. The summed E-state index contributed by atoms with van der Waals surface area (Å²) in [7, 11) is -2.49. The van der Waals surface area contributed by atoms with Crippen molar-refractivity contribution in [1.82, 2.24) is 9.62 Å². The van der Waals surface area contributed by atoms with Crippen molar-refractivity contribution >= 4 is 28.1 Å². The number of methoxy groups -OCH3 is 1. The van der Waals surface area contributed by atoms with Crippen molar-refractivity contribution in [3.8, 4) is 5.75 Å². The van der Waals surface area contributed by atoms with Crippen LogP contribution in [0.5, 0.6) is 5.75 Å². The summed E-state index contributed by atoms with van der Waals surface area (Å²) in [6.45, 7) is 4.64. The summed E-state index contributed by atoms with van der Waals surface area (Å²) in [5.74, 6) is -0.0208. The molecule has 2 atom stereocenters. The minimum absolute atomic E-state index is 0. The highest BCUT2D eigenvalue weighted by molar-refractivity contribution is 7.89. The number of benzene rings is 1.